The second kappa shape index (κ2) is 5.94. The van der Waals surface area contributed by atoms with Crippen molar-refractivity contribution in [1.82, 2.24) is 9.36 Å². The molecule has 0 bridgehead atoms. The summed E-state index contributed by atoms with van der Waals surface area (Å²) in [5.74, 6) is -0.0572. The topological polar surface area (TPSA) is 87.1 Å². The number of ketones is 1. The number of hydrogen-bond acceptors (Lipinski definition) is 4. The predicted octanol–water partition coefficient (Wildman–Crippen LogP) is 2.97. The number of hydrogen-bond donors (Lipinski definition) is 1. The summed E-state index contributed by atoms with van der Waals surface area (Å²) in [5.41, 5.74) is 7.20. The fourth-order valence-corrected chi connectivity index (χ4v) is 4.61. The second-order valence-electron chi connectivity index (χ2n) is 7.10. The van der Waals surface area contributed by atoms with E-state index in [0.717, 1.165) is 0 Å². The van der Waals surface area contributed by atoms with Crippen LogP contribution in [0.4, 0.5) is 5.69 Å². The van der Waals surface area contributed by atoms with E-state index in [9.17, 15) is 14.4 Å². The number of fused-ring (bicyclic) bond motifs is 3. The number of carbonyl (C=O) groups excluding carboxylic acids is 1. The molecule has 28 heavy (non-hydrogen) atoms. The van der Waals surface area contributed by atoms with Crippen molar-refractivity contribution in [2.24, 2.45) is 0 Å². The molecule has 0 amide bonds. The third-order valence-corrected chi connectivity index (χ3v) is 5.90. The lowest BCUT2D eigenvalue weighted by Crippen LogP contribution is -2.37. The average molecular weight is 394 g/mol. The van der Waals surface area contributed by atoms with Crippen molar-refractivity contribution < 1.29 is 4.79 Å². The maximum absolute atomic E-state index is 13.4. The number of aromatic nitrogens is 2. The fraction of sp³-hybridized carbons (Fsp3) is 0.190. The largest absolute Gasteiger partial charge is 0.398 e. The van der Waals surface area contributed by atoms with Crippen LogP contribution in [0.25, 0.3) is 16.5 Å². The van der Waals surface area contributed by atoms with Crippen molar-refractivity contribution >= 4 is 39.5 Å². The van der Waals surface area contributed by atoms with Crippen LogP contribution in [-0.4, -0.2) is 15.1 Å². The van der Waals surface area contributed by atoms with Crippen molar-refractivity contribution in [1.29, 1.82) is 0 Å². The predicted molar refractivity (Wildman–Crippen MR) is 109 cm³/mol. The van der Waals surface area contributed by atoms with Crippen LogP contribution in [0.1, 0.15) is 30.9 Å². The first-order valence-electron chi connectivity index (χ1n) is 9.07. The summed E-state index contributed by atoms with van der Waals surface area (Å²) >= 11 is 6.43. The van der Waals surface area contributed by atoms with Gasteiger partial charge in [0.05, 0.1) is 16.5 Å². The molecule has 1 aromatic heterocycles. The molecule has 1 atom stereocenters. The van der Waals surface area contributed by atoms with Gasteiger partial charge in [-0.1, -0.05) is 35.9 Å². The van der Waals surface area contributed by atoms with Gasteiger partial charge in [0, 0.05) is 22.7 Å². The van der Waals surface area contributed by atoms with Crippen LogP contribution in [0, 0.1) is 0 Å². The van der Waals surface area contributed by atoms with Crippen LogP contribution >= 0.6 is 11.6 Å². The van der Waals surface area contributed by atoms with Gasteiger partial charge in [-0.25, -0.2) is 9.36 Å². The molecule has 6 nitrogen and oxygen atoms in total. The zero-order valence-corrected chi connectivity index (χ0v) is 15.6. The lowest BCUT2D eigenvalue weighted by Gasteiger charge is -2.20. The summed E-state index contributed by atoms with van der Waals surface area (Å²) in [5, 5.41) is 0.872. The molecule has 140 valence electrons. The monoisotopic (exact) mass is 393 g/mol. The Balaban J connectivity index is 1.98. The summed E-state index contributed by atoms with van der Waals surface area (Å²) in [6.45, 7) is 0. The van der Waals surface area contributed by atoms with Crippen LogP contribution in [0.5, 0.6) is 0 Å². The molecule has 0 saturated carbocycles. The summed E-state index contributed by atoms with van der Waals surface area (Å²) in [6, 6.07) is 11.2. The number of nitrogen functional groups attached to an aromatic ring is 1. The van der Waals surface area contributed by atoms with E-state index in [1.165, 1.54) is 9.36 Å². The number of anilines is 1. The summed E-state index contributed by atoms with van der Waals surface area (Å²) in [6.07, 6.45) is 1.56. The number of carbonyl (C=O) groups is 1. The Kier molecular flexibility index (Phi) is 3.61. The SMILES string of the molecule is Nc1cccc2c(=O)n3n(c(=O)c12)C1=C(C(=O)CCC1)C3c1ccccc1Cl. The maximum atomic E-state index is 13.4. The third-order valence-electron chi connectivity index (χ3n) is 5.56. The molecule has 0 saturated heterocycles. The van der Waals surface area contributed by atoms with Crippen molar-refractivity contribution in [2.45, 2.75) is 25.3 Å². The zero-order chi connectivity index (χ0) is 19.6. The first-order chi connectivity index (χ1) is 13.5. The van der Waals surface area contributed by atoms with Crippen LogP contribution in [-0.2, 0) is 4.79 Å². The highest BCUT2D eigenvalue weighted by Crippen LogP contribution is 2.42. The van der Waals surface area contributed by atoms with Gasteiger partial charge in [-0.2, -0.15) is 0 Å². The molecule has 0 radical (unpaired) electrons. The van der Waals surface area contributed by atoms with Gasteiger partial charge in [0.15, 0.2) is 5.78 Å². The molecule has 1 unspecified atom stereocenters. The fourth-order valence-electron chi connectivity index (χ4n) is 4.37. The van der Waals surface area contributed by atoms with Crippen molar-refractivity contribution in [3.8, 4) is 0 Å². The van der Waals surface area contributed by atoms with E-state index in [1.807, 2.05) is 0 Å². The Labute approximate surface area is 164 Å². The van der Waals surface area contributed by atoms with E-state index in [0.29, 0.717) is 41.1 Å². The number of Topliss-reactive ketones (excluding diaryl/α,β-unsaturated/α-hetero) is 1. The molecule has 1 aliphatic heterocycles. The van der Waals surface area contributed by atoms with Crippen LogP contribution in [0.2, 0.25) is 5.02 Å². The Morgan fingerprint density at radius 1 is 0.964 bits per heavy atom. The van der Waals surface area contributed by atoms with Crippen LogP contribution in [0.3, 0.4) is 0 Å². The van der Waals surface area contributed by atoms with Gasteiger partial charge in [-0.3, -0.25) is 14.4 Å². The quantitative estimate of drug-likeness (QED) is 0.644. The molecular weight excluding hydrogens is 378 g/mol. The molecule has 1 aliphatic carbocycles. The van der Waals surface area contributed by atoms with Crippen molar-refractivity contribution in [2.75, 3.05) is 5.73 Å². The van der Waals surface area contributed by atoms with Gasteiger partial charge in [-0.05, 0) is 36.6 Å². The molecule has 2 N–H and O–H groups in total. The minimum absolute atomic E-state index is 0.0572. The van der Waals surface area contributed by atoms with Gasteiger partial charge >= 0.3 is 0 Å². The normalized spacial score (nSPS) is 18.5. The molecule has 2 aliphatic rings. The highest BCUT2D eigenvalue weighted by atomic mass is 35.5. The maximum Gasteiger partial charge on any atom is 0.279 e. The third kappa shape index (κ3) is 2.12. The van der Waals surface area contributed by atoms with Crippen LogP contribution in [0.15, 0.2) is 57.6 Å². The van der Waals surface area contributed by atoms with E-state index < -0.39 is 6.04 Å². The standard InChI is InChI=1S/C21H16ClN3O3/c22-13-7-2-1-5-11(13)19-18-15(9-4-10-16(18)26)24-21(28)17-12(20(27)25(19)24)6-3-8-14(17)23/h1-3,5-8,19H,4,9-10,23H2. The summed E-state index contributed by atoms with van der Waals surface area (Å²) < 4.78 is 2.72. The molecule has 2 heterocycles. The first kappa shape index (κ1) is 17.0. The zero-order valence-electron chi connectivity index (χ0n) is 14.8. The lowest BCUT2D eigenvalue weighted by molar-refractivity contribution is -0.116. The number of nitrogens with two attached hydrogens (primary N) is 1. The molecule has 7 heteroatoms. The molecule has 3 aromatic rings. The van der Waals surface area contributed by atoms with Gasteiger partial charge < -0.3 is 5.73 Å². The number of halogens is 1. The van der Waals surface area contributed by atoms with Gasteiger partial charge in [0.1, 0.15) is 6.04 Å². The van der Waals surface area contributed by atoms with E-state index >= 15 is 0 Å². The molecule has 5 rings (SSSR count). The smallest absolute Gasteiger partial charge is 0.279 e. The number of rotatable bonds is 1. The molecule has 0 fully saturated rings. The molecule has 0 spiro atoms. The highest BCUT2D eigenvalue weighted by molar-refractivity contribution is 6.31. The number of nitrogens with zero attached hydrogens (tertiary/aromatic N) is 2. The molecule has 2 aromatic carbocycles. The van der Waals surface area contributed by atoms with Gasteiger partial charge in [0.25, 0.3) is 11.1 Å². The van der Waals surface area contributed by atoms with Crippen LogP contribution < -0.4 is 16.9 Å². The number of allylic oxidation sites excluding steroid dienone is 2. The minimum atomic E-state index is -0.720. The Bertz CT molecular complexity index is 1330. The second-order valence-corrected chi connectivity index (χ2v) is 7.50. The van der Waals surface area contributed by atoms with E-state index in [2.05, 4.69) is 0 Å². The Morgan fingerprint density at radius 3 is 2.54 bits per heavy atom. The summed E-state index contributed by atoms with van der Waals surface area (Å²) in [7, 11) is 0. The lowest BCUT2D eigenvalue weighted by atomic mass is 9.88. The van der Waals surface area contributed by atoms with Gasteiger partial charge in [0.2, 0.25) is 0 Å². The average Bonchev–Trinajstić information content (AvgIpc) is 3.03. The minimum Gasteiger partial charge on any atom is -0.398 e. The Hall–Kier alpha value is -3.12. The van der Waals surface area contributed by atoms with Crippen molar-refractivity contribution in [3.63, 3.8) is 0 Å². The van der Waals surface area contributed by atoms with E-state index in [-0.39, 0.29) is 33.4 Å². The first-order valence-corrected chi connectivity index (χ1v) is 9.45. The number of benzene rings is 2. The highest BCUT2D eigenvalue weighted by Gasteiger charge is 2.40. The molecular formula is C21H16ClN3O3. The van der Waals surface area contributed by atoms with E-state index in [1.54, 1.807) is 42.5 Å². The van der Waals surface area contributed by atoms with Gasteiger partial charge in [-0.15, -0.1) is 0 Å². The Morgan fingerprint density at radius 2 is 1.75 bits per heavy atom. The van der Waals surface area contributed by atoms with Crippen molar-refractivity contribution in [3.05, 3.63) is 79.3 Å². The summed E-state index contributed by atoms with van der Waals surface area (Å²) in [4.78, 5) is 39.7. The van der Waals surface area contributed by atoms with E-state index in [4.69, 9.17) is 17.3 Å².